The number of carbonyl (C=O) groups is 4. The Balaban J connectivity index is 0.856. The second kappa shape index (κ2) is 25.4. The van der Waals surface area contributed by atoms with E-state index >= 15 is 0 Å². The lowest BCUT2D eigenvalue weighted by Gasteiger charge is -2.29. The maximum Gasteiger partial charge on any atom is 0.328 e. The Morgan fingerprint density at radius 1 is 0.398 bits per heavy atom. The van der Waals surface area contributed by atoms with Crippen molar-refractivity contribution in [2.75, 3.05) is 65.4 Å². The van der Waals surface area contributed by atoms with Crippen LogP contribution in [-0.4, -0.2) is 187 Å². The number of carbonyl (C=O) groups excluding carboxylic acids is 4. The van der Waals surface area contributed by atoms with Gasteiger partial charge in [-0.25, -0.2) is 24.0 Å². The zero-order chi connectivity index (χ0) is 63.2. The van der Waals surface area contributed by atoms with Gasteiger partial charge in [-0.3, -0.25) is 116 Å². The van der Waals surface area contributed by atoms with Crippen LogP contribution in [0.3, 0.4) is 0 Å². The Kier molecular flexibility index (Phi) is 17.9. The zero-order valence-corrected chi connectivity index (χ0v) is 49.1. The first-order chi connectivity index (χ1) is 41.8. The molecular formula is C54H72N20O14. The second-order valence-electron chi connectivity index (χ2n) is 23.7. The van der Waals surface area contributed by atoms with Crippen molar-refractivity contribution in [1.29, 1.82) is 0 Å². The van der Waals surface area contributed by atoms with Gasteiger partial charge in [-0.05, 0) is 41.0 Å². The molecule has 0 bridgehead atoms. The molecule has 88 heavy (non-hydrogen) atoms. The number of rotatable bonds is 18. The number of hydrogen-bond acceptors (Lipinski definition) is 20. The smallest absolute Gasteiger partial charge is 0.328 e. The first-order valence-electron chi connectivity index (χ1n) is 29.0. The van der Waals surface area contributed by atoms with E-state index in [1.165, 1.54) is 74.6 Å². The van der Waals surface area contributed by atoms with E-state index in [4.69, 9.17) is 5.73 Å². The predicted molar refractivity (Wildman–Crippen MR) is 313 cm³/mol. The molecule has 0 aromatic carbocycles. The van der Waals surface area contributed by atoms with Crippen LogP contribution in [0.4, 0.5) is 0 Å². The van der Waals surface area contributed by atoms with Gasteiger partial charge in [-0.2, -0.15) is 0 Å². The van der Waals surface area contributed by atoms with E-state index in [2.05, 4.69) is 51.5 Å². The summed E-state index contributed by atoms with van der Waals surface area (Å²) < 4.78 is 6.81. The zero-order valence-electron chi connectivity index (χ0n) is 49.1. The molecule has 0 spiro atoms. The number of hydrogen-bond donors (Lipinski definition) is 11. The molecular weight excluding hydrogens is 1150 g/mol. The van der Waals surface area contributed by atoms with Gasteiger partial charge in [0, 0.05) is 130 Å². The number of likely N-dealkylation sites (tertiary alicyclic amines) is 4. The van der Waals surface area contributed by atoms with Crippen LogP contribution in [-0.2, 0) is 19.2 Å². The van der Waals surface area contributed by atoms with Gasteiger partial charge in [0.25, 0.3) is 27.8 Å². The van der Waals surface area contributed by atoms with E-state index < -0.39 is 135 Å². The van der Waals surface area contributed by atoms with Crippen LogP contribution in [0.1, 0.15) is 90.1 Å². The minimum atomic E-state index is -0.937. The van der Waals surface area contributed by atoms with Gasteiger partial charge in [-0.15, -0.1) is 0 Å². The standard InChI is InChI=1S/C54H72N20O14/c1-26-13-70(50(84)61-45(26)79)32-7-37(56-12-32)57-41(75)23-67-19-34(72-15-28(3)47(81)63-52(72)86)9-39(67)59-43(77)25-69-21-36(74-17-30(5)49(83)65-54(74)88)10-40(69)60-44(78)24-68-20-35(73-16-29(4)48(82)64-53(73)87)8-38(68)58-42(76)22-66-18-33(6-31(66)11-55)71-14-27(2)46(80)62-51(71)85/h13-17,31-40,56H,6-12,18-25,55H2,1-5H3,(H,57,75)(H,58,76)(H,59,77)(H,60,78)(H,61,79,84)(H,62,80,85)(H,63,81,86)(H,64,82,87)(H,65,83,88)/t31-,32-,33-,34-,35-,36-,37+,38-,39-,40-/m1/s1. The predicted octanol–water partition coefficient (Wildman–Crippen LogP) is -7.10. The van der Waals surface area contributed by atoms with Crippen molar-refractivity contribution in [1.82, 2.24) is 93.9 Å². The molecule has 472 valence electrons. The Morgan fingerprint density at radius 2 is 0.670 bits per heavy atom. The molecule has 12 N–H and O–H groups in total. The molecule has 5 aromatic rings. The number of H-pyrrole nitrogens is 5. The van der Waals surface area contributed by atoms with Crippen LogP contribution >= 0.6 is 0 Å². The number of nitrogens with zero attached hydrogens (tertiary/aromatic N) is 9. The minimum absolute atomic E-state index is 0.00586. The number of nitrogens with one attached hydrogen (secondary N) is 10. The number of aryl methyl sites for hydroxylation is 5. The van der Waals surface area contributed by atoms with Crippen LogP contribution in [0.15, 0.2) is 78.9 Å². The Bertz CT molecular complexity index is 4190. The third-order valence-corrected chi connectivity index (χ3v) is 17.4. The van der Waals surface area contributed by atoms with Crippen LogP contribution in [0.2, 0.25) is 0 Å². The molecule has 0 unspecified atom stereocenters. The minimum Gasteiger partial charge on any atom is -0.340 e. The van der Waals surface area contributed by atoms with Gasteiger partial charge < -0.3 is 27.0 Å². The van der Waals surface area contributed by atoms with Gasteiger partial charge in [0.2, 0.25) is 23.6 Å². The molecule has 10 heterocycles. The fourth-order valence-electron chi connectivity index (χ4n) is 12.8. The van der Waals surface area contributed by atoms with Crippen LogP contribution in [0, 0.1) is 34.6 Å². The normalized spacial score (nSPS) is 25.1. The lowest BCUT2D eigenvalue weighted by atomic mass is 10.1. The van der Waals surface area contributed by atoms with Gasteiger partial charge in [0.15, 0.2) is 0 Å². The number of aromatic amines is 5. The molecule has 34 heteroatoms. The molecule has 10 atom stereocenters. The number of aromatic nitrogens is 10. The Morgan fingerprint density at radius 3 is 0.989 bits per heavy atom. The average Bonchev–Trinajstić information content (AvgIpc) is 2.45. The van der Waals surface area contributed by atoms with Crippen LogP contribution < -0.4 is 88.6 Å². The van der Waals surface area contributed by atoms with E-state index in [0.29, 0.717) is 30.5 Å². The summed E-state index contributed by atoms with van der Waals surface area (Å²) in [7, 11) is 0. The lowest BCUT2D eigenvalue weighted by molar-refractivity contribution is -0.129. The molecule has 0 aliphatic carbocycles. The monoisotopic (exact) mass is 1220 g/mol. The Labute approximate surface area is 497 Å². The fourth-order valence-corrected chi connectivity index (χ4v) is 12.8. The largest absolute Gasteiger partial charge is 0.340 e. The molecule has 5 aliphatic rings. The third kappa shape index (κ3) is 13.4. The summed E-state index contributed by atoms with van der Waals surface area (Å²) in [5.41, 5.74) is 1.48. The molecule has 5 aliphatic heterocycles. The van der Waals surface area contributed by atoms with Gasteiger partial charge in [0.1, 0.15) is 0 Å². The summed E-state index contributed by atoms with van der Waals surface area (Å²) in [5.74, 6) is -2.10. The average molecular weight is 1230 g/mol. The molecule has 0 radical (unpaired) electrons. The van der Waals surface area contributed by atoms with Gasteiger partial charge in [-0.1, -0.05) is 0 Å². The number of amides is 4. The first-order valence-corrected chi connectivity index (χ1v) is 29.0. The van der Waals surface area contributed by atoms with E-state index in [1.54, 1.807) is 28.5 Å². The topological polar surface area (TPSA) is 442 Å². The lowest BCUT2D eigenvalue weighted by Crippen LogP contribution is -2.55. The van der Waals surface area contributed by atoms with Crippen molar-refractivity contribution in [3.63, 3.8) is 0 Å². The summed E-state index contributed by atoms with van der Waals surface area (Å²) in [5, 5.41) is 15.1. The van der Waals surface area contributed by atoms with Crippen LogP contribution in [0.25, 0.3) is 0 Å². The highest BCUT2D eigenvalue weighted by Crippen LogP contribution is 2.30. The molecule has 5 aromatic heterocycles. The van der Waals surface area contributed by atoms with E-state index in [0.717, 1.165) is 0 Å². The summed E-state index contributed by atoms with van der Waals surface area (Å²) in [6.07, 6.45) is 4.85. The maximum absolute atomic E-state index is 14.5. The second-order valence-corrected chi connectivity index (χ2v) is 23.7. The molecule has 5 saturated heterocycles. The van der Waals surface area contributed by atoms with Gasteiger partial charge >= 0.3 is 28.4 Å². The summed E-state index contributed by atoms with van der Waals surface area (Å²) >= 11 is 0. The fraction of sp³-hybridized carbons (Fsp3) is 0.556. The SMILES string of the molecule is Cc1cn([C@@H]2C[C@H](CN)N(CC(=O)N[C@H]3C[C@@H](n4cc(C)c(=O)[nH]c4=O)CN3CC(=O)N[C@H]3C[C@@H](n4cc(C)c(=O)[nH]c4=O)CN3CC(=O)N[C@H]3C[C@@H](n4cc(C)c(=O)[nH]c4=O)CN3CC(=O)N[C@H]3C[C@@H](n4cc(C)c(=O)[nH]c4=O)CN3)C2)c(=O)[nH]c1=O. The maximum atomic E-state index is 14.5. The van der Waals surface area contributed by atoms with Gasteiger partial charge in [0.05, 0.1) is 81.1 Å². The number of nitrogens with two attached hydrogens (primary N) is 1. The summed E-state index contributed by atoms with van der Waals surface area (Å²) in [4.78, 5) is 202. The van der Waals surface area contributed by atoms with Crippen molar-refractivity contribution < 1.29 is 19.2 Å². The highest BCUT2D eigenvalue weighted by atomic mass is 16.2. The summed E-state index contributed by atoms with van der Waals surface area (Å²) in [6.45, 7) is 7.35. The molecule has 4 amide bonds. The van der Waals surface area contributed by atoms with Crippen molar-refractivity contribution in [2.24, 2.45) is 5.73 Å². The molecule has 34 nitrogen and oxygen atoms in total. The molecule has 5 fully saturated rings. The van der Waals surface area contributed by atoms with E-state index in [1.807, 2.05) is 4.90 Å². The quantitative estimate of drug-likeness (QED) is 0.0388. The Hall–Kier alpha value is -8.96. The summed E-state index contributed by atoms with van der Waals surface area (Å²) in [6, 6.07) is -3.13. The van der Waals surface area contributed by atoms with E-state index in [-0.39, 0.29) is 101 Å². The highest BCUT2D eigenvalue weighted by molar-refractivity contribution is 5.81. The first kappa shape index (κ1) is 62.1. The van der Waals surface area contributed by atoms with E-state index in [9.17, 15) is 67.1 Å². The van der Waals surface area contributed by atoms with Crippen molar-refractivity contribution in [2.45, 2.75) is 128 Å². The van der Waals surface area contributed by atoms with Crippen molar-refractivity contribution in [3.8, 4) is 0 Å². The van der Waals surface area contributed by atoms with Crippen LogP contribution in [0.5, 0.6) is 0 Å². The van der Waals surface area contributed by atoms with Crippen molar-refractivity contribution >= 4 is 23.6 Å². The molecule has 10 rings (SSSR count). The highest BCUT2D eigenvalue weighted by Gasteiger charge is 2.42. The van der Waals surface area contributed by atoms with Crippen molar-refractivity contribution in [3.05, 3.63) is 163 Å². The molecule has 0 saturated carbocycles. The third-order valence-electron chi connectivity index (χ3n) is 17.4.